The Kier molecular flexibility index (Phi) is 4.09. The summed E-state index contributed by atoms with van der Waals surface area (Å²) in [6, 6.07) is 3.90. The maximum Gasteiger partial charge on any atom is 0.182 e. The molecule has 0 saturated carbocycles. The average molecular weight is 279 g/mol. The molecule has 0 radical (unpaired) electrons. The zero-order valence-corrected chi connectivity index (χ0v) is 11.1. The molecule has 0 saturated heterocycles. The van der Waals surface area contributed by atoms with Gasteiger partial charge in [0.05, 0.1) is 5.69 Å². The summed E-state index contributed by atoms with van der Waals surface area (Å²) in [5.41, 5.74) is 3.17. The molecule has 106 valence electrons. The monoisotopic (exact) mass is 279 g/mol. The van der Waals surface area contributed by atoms with Gasteiger partial charge in [0.1, 0.15) is 18.0 Å². The van der Waals surface area contributed by atoms with E-state index in [4.69, 9.17) is 5.84 Å². The number of halogens is 2. The predicted octanol–water partition coefficient (Wildman–Crippen LogP) is 2.91. The first-order valence-electron chi connectivity index (χ1n) is 6.07. The molecule has 20 heavy (non-hydrogen) atoms. The Bertz CT molecular complexity index is 616. The second-order valence-electron chi connectivity index (χ2n) is 4.51. The SMILES string of the molecule is CC(C)c1c(NN)ncnc1Nc1cccc(F)c1F. The van der Waals surface area contributed by atoms with E-state index in [2.05, 4.69) is 20.7 Å². The number of hydrogen-bond acceptors (Lipinski definition) is 5. The molecule has 0 unspecified atom stereocenters. The normalized spacial score (nSPS) is 10.7. The third-order valence-electron chi connectivity index (χ3n) is 2.80. The van der Waals surface area contributed by atoms with E-state index < -0.39 is 11.6 Å². The van der Waals surface area contributed by atoms with Crippen molar-refractivity contribution in [1.29, 1.82) is 0 Å². The molecule has 0 aliphatic rings. The summed E-state index contributed by atoms with van der Waals surface area (Å²) >= 11 is 0. The van der Waals surface area contributed by atoms with Crippen LogP contribution in [0.2, 0.25) is 0 Å². The molecule has 0 fully saturated rings. The first-order valence-corrected chi connectivity index (χ1v) is 6.07. The van der Waals surface area contributed by atoms with E-state index in [1.165, 1.54) is 18.5 Å². The average Bonchev–Trinajstić information content (AvgIpc) is 2.43. The Hall–Kier alpha value is -2.28. The lowest BCUT2D eigenvalue weighted by Gasteiger charge is -2.16. The number of hydrazine groups is 1. The van der Waals surface area contributed by atoms with Gasteiger partial charge >= 0.3 is 0 Å². The summed E-state index contributed by atoms with van der Waals surface area (Å²) in [5, 5.41) is 2.78. The van der Waals surface area contributed by atoms with Crippen LogP contribution in [0.3, 0.4) is 0 Å². The molecule has 0 bridgehead atoms. The largest absolute Gasteiger partial charge is 0.337 e. The van der Waals surface area contributed by atoms with Gasteiger partial charge in [-0.3, -0.25) is 0 Å². The fourth-order valence-electron chi connectivity index (χ4n) is 1.88. The van der Waals surface area contributed by atoms with E-state index in [-0.39, 0.29) is 11.6 Å². The van der Waals surface area contributed by atoms with Crippen LogP contribution in [0.5, 0.6) is 0 Å². The van der Waals surface area contributed by atoms with Gasteiger partial charge < -0.3 is 10.7 Å². The van der Waals surface area contributed by atoms with Gasteiger partial charge in [-0.15, -0.1) is 0 Å². The highest BCUT2D eigenvalue weighted by molar-refractivity contribution is 5.65. The lowest BCUT2D eigenvalue weighted by atomic mass is 10.0. The standard InChI is InChI=1S/C13H15F2N5/c1-7(2)10-12(17-6-18-13(10)20-16)19-9-5-3-4-8(14)11(9)15/h3-7H,16H2,1-2H3,(H2,17,18,19,20). The van der Waals surface area contributed by atoms with Crippen LogP contribution in [0, 0.1) is 11.6 Å². The molecule has 2 rings (SSSR count). The van der Waals surface area contributed by atoms with Crippen molar-refractivity contribution in [3.05, 3.63) is 41.7 Å². The number of nitrogens with two attached hydrogens (primary N) is 1. The number of nitrogen functional groups attached to an aromatic ring is 1. The molecule has 2 aromatic rings. The van der Waals surface area contributed by atoms with E-state index in [1.54, 1.807) is 0 Å². The Morgan fingerprint density at radius 3 is 2.50 bits per heavy atom. The second kappa shape index (κ2) is 5.79. The third kappa shape index (κ3) is 2.67. The van der Waals surface area contributed by atoms with E-state index in [0.717, 1.165) is 6.07 Å². The molecule has 7 heteroatoms. The van der Waals surface area contributed by atoms with Gasteiger partial charge in [-0.1, -0.05) is 19.9 Å². The lowest BCUT2D eigenvalue weighted by Crippen LogP contribution is -2.14. The molecule has 0 amide bonds. The molecular formula is C13H15F2N5. The maximum absolute atomic E-state index is 13.7. The fraction of sp³-hybridized carbons (Fsp3) is 0.231. The number of rotatable bonds is 4. The number of hydrogen-bond donors (Lipinski definition) is 3. The maximum atomic E-state index is 13.7. The summed E-state index contributed by atoms with van der Waals surface area (Å²) < 4.78 is 26.9. The molecule has 1 aromatic carbocycles. The van der Waals surface area contributed by atoms with Gasteiger partial charge in [-0.2, -0.15) is 0 Å². The molecule has 0 aliphatic heterocycles. The number of nitrogens with one attached hydrogen (secondary N) is 2. The molecule has 5 nitrogen and oxygen atoms in total. The molecule has 1 heterocycles. The highest BCUT2D eigenvalue weighted by Gasteiger charge is 2.16. The summed E-state index contributed by atoms with van der Waals surface area (Å²) in [4.78, 5) is 8.07. The van der Waals surface area contributed by atoms with Gasteiger partial charge in [0.2, 0.25) is 0 Å². The fourth-order valence-corrected chi connectivity index (χ4v) is 1.88. The van der Waals surface area contributed by atoms with Crippen LogP contribution in [0.25, 0.3) is 0 Å². The van der Waals surface area contributed by atoms with Crippen LogP contribution in [-0.4, -0.2) is 9.97 Å². The van der Waals surface area contributed by atoms with Gasteiger partial charge in [0.15, 0.2) is 11.6 Å². The Balaban J connectivity index is 2.46. The minimum atomic E-state index is -0.955. The van der Waals surface area contributed by atoms with Crippen LogP contribution in [0.1, 0.15) is 25.3 Å². The van der Waals surface area contributed by atoms with E-state index in [1.807, 2.05) is 13.8 Å². The highest BCUT2D eigenvalue weighted by Crippen LogP contribution is 2.30. The van der Waals surface area contributed by atoms with E-state index in [0.29, 0.717) is 17.2 Å². The first-order chi connectivity index (χ1) is 9.54. The summed E-state index contributed by atoms with van der Waals surface area (Å²) in [5.74, 6) is 4.39. The molecule has 4 N–H and O–H groups in total. The predicted molar refractivity (Wildman–Crippen MR) is 73.6 cm³/mol. The van der Waals surface area contributed by atoms with Crippen molar-refractivity contribution in [2.75, 3.05) is 10.7 Å². The van der Waals surface area contributed by atoms with Crippen LogP contribution in [0.15, 0.2) is 24.5 Å². The van der Waals surface area contributed by atoms with Crippen molar-refractivity contribution in [1.82, 2.24) is 9.97 Å². The van der Waals surface area contributed by atoms with Gasteiger partial charge in [0.25, 0.3) is 0 Å². The molecular weight excluding hydrogens is 264 g/mol. The van der Waals surface area contributed by atoms with Gasteiger partial charge in [0, 0.05) is 5.56 Å². The summed E-state index contributed by atoms with van der Waals surface area (Å²) in [6.07, 6.45) is 1.29. The second-order valence-corrected chi connectivity index (χ2v) is 4.51. The zero-order valence-electron chi connectivity index (χ0n) is 11.1. The summed E-state index contributed by atoms with van der Waals surface area (Å²) in [7, 11) is 0. The smallest absolute Gasteiger partial charge is 0.182 e. The Morgan fingerprint density at radius 2 is 1.85 bits per heavy atom. The van der Waals surface area contributed by atoms with Gasteiger partial charge in [-0.25, -0.2) is 24.6 Å². The molecule has 0 atom stereocenters. The minimum absolute atomic E-state index is 0.00794. The number of anilines is 3. The van der Waals surface area contributed by atoms with E-state index >= 15 is 0 Å². The van der Waals surface area contributed by atoms with Gasteiger partial charge in [-0.05, 0) is 18.1 Å². The van der Waals surface area contributed by atoms with Crippen molar-refractivity contribution in [2.24, 2.45) is 5.84 Å². The lowest BCUT2D eigenvalue weighted by molar-refractivity contribution is 0.511. The first kappa shape index (κ1) is 14.1. The highest BCUT2D eigenvalue weighted by atomic mass is 19.2. The topological polar surface area (TPSA) is 75.9 Å². The van der Waals surface area contributed by atoms with Crippen molar-refractivity contribution in [2.45, 2.75) is 19.8 Å². The zero-order chi connectivity index (χ0) is 14.7. The Labute approximate surface area is 115 Å². The molecule has 0 spiro atoms. The number of nitrogens with zero attached hydrogens (tertiary/aromatic N) is 2. The minimum Gasteiger partial charge on any atom is -0.337 e. The molecule has 1 aromatic heterocycles. The van der Waals surface area contributed by atoms with Crippen molar-refractivity contribution in [3.8, 4) is 0 Å². The van der Waals surface area contributed by atoms with Crippen molar-refractivity contribution in [3.63, 3.8) is 0 Å². The van der Waals surface area contributed by atoms with Crippen molar-refractivity contribution >= 4 is 17.3 Å². The quantitative estimate of drug-likeness (QED) is 0.592. The van der Waals surface area contributed by atoms with Crippen LogP contribution in [-0.2, 0) is 0 Å². The van der Waals surface area contributed by atoms with Crippen molar-refractivity contribution < 1.29 is 8.78 Å². The third-order valence-corrected chi connectivity index (χ3v) is 2.80. The van der Waals surface area contributed by atoms with Crippen LogP contribution < -0.4 is 16.6 Å². The number of aromatic nitrogens is 2. The summed E-state index contributed by atoms with van der Waals surface area (Å²) in [6.45, 7) is 3.85. The molecule has 0 aliphatic carbocycles. The Morgan fingerprint density at radius 1 is 1.15 bits per heavy atom. The van der Waals surface area contributed by atoms with Crippen LogP contribution in [0.4, 0.5) is 26.1 Å². The van der Waals surface area contributed by atoms with E-state index in [9.17, 15) is 8.78 Å². The van der Waals surface area contributed by atoms with Crippen LogP contribution >= 0.6 is 0 Å². The number of benzene rings is 1.